The first kappa shape index (κ1) is 15.1. The Morgan fingerprint density at radius 2 is 1.63 bits per heavy atom. The number of nitrogens with two attached hydrogens (primary N) is 1. The van der Waals surface area contributed by atoms with Crippen molar-refractivity contribution in [3.05, 3.63) is 17.7 Å². The number of esters is 1. The second-order valence-electron chi connectivity index (χ2n) is 3.83. The van der Waals surface area contributed by atoms with Gasteiger partial charge in [-0.15, -0.1) is 0 Å². The molecule has 0 aliphatic rings. The summed E-state index contributed by atoms with van der Waals surface area (Å²) in [5, 5.41) is 0. The number of benzene rings is 1. The van der Waals surface area contributed by atoms with Crippen LogP contribution in [0.3, 0.4) is 0 Å². The van der Waals surface area contributed by atoms with E-state index < -0.39 is 12.0 Å². The van der Waals surface area contributed by atoms with Crippen molar-refractivity contribution in [2.24, 2.45) is 5.73 Å². The smallest absolute Gasteiger partial charge is 0.307 e. The first-order valence-electron chi connectivity index (χ1n) is 5.69. The van der Waals surface area contributed by atoms with Gasteiger partial charge in [0, 0.05) is 18.2 Å². The van der Waals surface area contributed by atoms with E-state index in [1.807, 2.05) is 0 Å². The third-order valence-corrected chi connectivity index (χ3v) is 2.74. The molecule has 1 aromatic rings. The molecule has 1 rings (SSSR count). The van der Waals surface area contributed by atoms with Gasteiger partial charge in [-0.1, -0.05) is 0 Å². The number of methoxy groups -OCH3 is 4. The third kappa shape index (κ3) is 3.51. The molecule has 1 aromatic carbocycles. The predicted octanol–water partition coefficient (Wildman–Crippen LogP) is 1.28. The third-order valence-electron chi connectivity index (χ3n) is 2.74. The van der Waals surface area contributed by atoms with E-state index in [2.05, 4.69) is 4.74 Å². The van der Waals surface area contributed by atoms with Crippen LogP contribution in [-0.2, 0) is 9.53 Å². The zero-order valence-corrected chi connectivity index (χ0v) is 11.6. The standard InChI is InChI=1S/C13H19NO5/c1-16-8-5-10(17-2)13(11(6-8)18-3)9(14)7-12(15)19-4/h5-6,9H,7,14H2,1-4H3. The van der Waals surface area contributed by atoms with Crippen LogP contribution >= 0.6 is 0 Å². The van der Waals surface area contributed by atoms with Crippen molar-refractivity contribution in [3.8, 4) is 17.2 Å². The average molecular weight is 269 g/mol. The van der Waals surface area contributed by atoms with E-state index in [4.69, 9.17) is 19.9 Å². The molecule has 0 saturated carbocycles. The maximum atomic E-state index is 11.3. The SMILES string of the molecule is COC(=O)CC(N)c1c(OC)cc(OC)cc1OC. The summed E-state index contributed by atoms with van der Waals surface area (Å²) >= 11 is 0. The van der Waals surface area contributed by atoms with E-state index in [9.17, 15) is 4.79 Å². The highest BCUT2D eigenvalue weighted by molar-refractivity contribution is 5.71. The molecule has 6 heteroatoms. The molecule has 106 valence electrons. The molecular formula is C13H19NO5. The van der Waals surface area contributed by atoms with Crippen LogP contribution in [0.2, 0.25) is 0 Å². The van der Waals surface area contributed by atoms with E-state index in [0.29, 0.717) is 22.8 Å². The van der Waals surface area contributed by atoms with Crippen molar-refractivity contribution in [3.63, 3.8) is 0 Å². The summed E-state index contributed by atoms with van der Waals surface area (Å²) in [6.45, 7) is 0. The van der Waals surface area contributed by atoms with E-state index in [-0.39, 0.29) is 6.42 Å². The van der Waals surface area contributed by atoms with E-state index >= 15 is 0 Å². The first-order chi connectivity index (χ1) is 9.07. The molecule has 0 bridgehead atoms. The van der Waals surface area contributed by atoms with Gasteiger partial charge in [0.25, 0.3) is 0 Å². The maximum absolute atomic E-state index is 11.3. The Hall–Kier alpha value is -1.95. The molecule has 0 radical (unpaired) electrons. The van der Waals surface area contributed by atoms with Crippen LogP contribution in [-0.4, -0.2) is 34.4 Å². The summed E-state index contributed by atoms with van der Waals surface area (Å²) in [6.07, 6.45) is 0.0373. The number of hydrogen-bond acceptors (Lipinski definition) is 6. The van der Waals surface area contributed by atoms with Gasteiger partial charge in [-0.2, -0.15) is 0 Å². The van der Waals surface area contributed by atoms with E-state index in [1.54, 1.807) is 19.2 Å². The Balaban J connectivity index is 3.19. The summed E-state index contributed by atoms with van der Waals surface area (Å²) in [5.74, 6) is 1.20. The molecule has 0 aliphatic carbocycles. The molecule has 0 spiro atoms. The van der Waals surface area contributed by atoms with Gasteiger partial charge >= 0.3 is 5.97 Å². The van der Waals surface area contributed by atoms with Crippen molar-refractivity contribution < 1.29 is 23.7 Å². The highest BCUT2D eigenvalue weighted by Gasteiger charge is 2.22. The van der Waals surface area contributed by atoms with Gasteiger partial charge < -0.3 is 24.7 Å². The van der Waals surface area contributed by atoms with Crippen LogP contribution in [0, 0.1) is 0 Å². The lowest BCUT2D eigenvalue weighted by atomic mass is 10.0. The van der Waals surface area contributed by atoms with Crippen LogP contribution < -0.4 is 19.9 Å². The fourth-order valence-corrected chi connectivity index (χ4v) is 1.76. The number of hydrogen-bond donors (Lipinski definition) is 1. The summed E-state index contributed by atoms with van der Waals surface area (Å²) in [4.78, 5) is 11.3. The Bertz CT molecular complexity index is 422. The molecular weight excluding hydrogens is 250 g/mol. The van der Waals surface area contributed by atoms with E-state index in [0.717, 1.165) is 0 Å². The number of carbonyl (C=O) groups excluding carboxylic acids is 1. The fraction of sp³-hybridized carbons (Fsp3) is 0.462. The highest BCUT2D eigenvalue weighted by Crippen LogP contribution is 2.38. The number of carbonyl (C=O) groups is 1. The fourth-order valence-electron chi connectivity index (χ4n) is 1.76. The van der Waals surface area contributed by atoms with Crippen molar-refractivity contribution in [2.45, 2.75) is 12.5 Å². The minimum atomic E-state index is -0.580. The van der Waals surface area contributed by atoms with Crippen molar-refractivity contribution in [2.75, 3.05) is 28.4 Å². The van der Waals surface area contributed by atoms with Crippen molar-refractivity contribution >= 4 is 5.97 Å². The molecule has 0 heterocycles. The molecule has 6 nitrogen and oxygen atoms in total. The van der Waals surface area contributed by atoms with Crippen LogP contribution in [0.1, 0.15) is 18.0 Å². The Morgan fingerprint density at radius 3 is 2.00 bits per heavy atom. The Morgan fingerprint density at radius 1 is 1.11 bits per heavy atom. The molecule has 19 heavy (non-hydrogen) atoms. The Kier molecular flexibility index (Phi) is 5.44. The molecule has 2 N–H and O–H groups in total. The van der Waals surface area contributed by atoms with Gasteiger partial charge in [0.15, 0.2) is 0 Å². The summed E-state index contributed by atoms with van der Waals surface area (Å²) in [7, 11) is 5.89. The molecule has 1 atom stereocenters. The predicted molar refractivity (Wildman–Crippen MR) is 69.7 cm³/mol. The topological polar surface area (TPSA) is 80.0 Å². The number of ether oxygens (including phenoxy) is 4. The zero-order valence-electron chi connectivity index (χ0n) is 11.6. The monoisotopic (exact) mass is 269 g/mol. The normalized spacial score (nSPS) is 11.6. The van der Waals surface area contributed by atoms with Gasteiger partial charge in [-0.05, 0) is 0 Å². The highest BCUT2D eigenvalue weighted by atomic mass is 16.5. The van der Waals surface area contributed by atoms with E-state index in [1.165, 1.54) is 21.3 Å². The molecule has 0 saturated heterocycles. The zero-order chi connectivity index (χ0) is 14.4. The molecule has 0 fully saturated rings. The Labute approximate surface area is 112 Å². The molecule has 1 unspecified atom stereocenters. The summed E-state index contributed by atoms with van der Waals surface area (Å²) < 4.78 is 20.3. The summed E-state index contributed by atoms with van der Waals surface area (Å²) in [5.41, 5.74) is 6.62. The lowest BCUT2D eigenvalue weighted by molar-refractivity contribution is -0.141. The minimum Gasteiger partial charge on any atom is -0.496 e. The van der Waals surface area contributed by atoms with Gasteiger partial charge in [-0.3, -0.25) is 4.79 Å². The average Bonchev–Trinajstić information content (AvgIpc) is 2.44. The van der Waals surface area contributed by atoms with Crippen LogP contribution in [0.15, 0.2) is 12.1 Å². The first-order valence-corrected chi connectivity index (χ1v) is 5.69. The van der Waals surface area contributed by atoms with Crippen molar-refractivity contribution in [1.82, 2.24) is 0 Å². The molecule has 0 aromatic heterocycles. The second kappa shape index (κ2) is 6.84. The molecule has 0 amide bonds. The minimum absolute atomic E-state index is 0.0373. The maximum Gasteiger partial charge on any atom is 0.307 e. The van der Waals surface area contributed by atoms with Crippen LogP contribution in [0.25, 0.3) is 0 Å². The van der Waals surface area contributed by atoms with Gasteiger partial charge in [0.05, 0.1) is 40.4 Å². The van der Waals surface area contributed by atoms with Crippen LogP contribution in [0.5, 0.6) is 17.2 Å². The van der Waals surface area contributed by atoms with Gasteiger partial charge in [-0.25, -0.2) is 0 Å². The van der Waals surface area contributed by atoms with Crippen LogP contribution in [0.4, 0.5) is 0 Å². The molecule has 0 aliphatic heterocycles. The summed E-state index contributed by atoms with van der Waals surface area (Å²) in [6, 6.07) is 2.80. The number of rotatable bonds is 6. The largest absolute Gasteiger partial charge is 0.496 e. The lowest BCUT2D eigenvalue weighted by Gasteiger charge is -2.19. The van der Waals surface area contributed by atoms with Gasteiger partial charge in [0.1, 0.15) is 17.2 Å². The second-order valence-corrected chi connectivity index (χ2v) is 3.83. The van der Waals surface area contributed by atoms with Gasteiger partial charge in [0.2, 0.25) is 0 Å². The quantitative estimate of drug-likeness (QED) is 0.783. The van der Waals surface area contributed by atoms with Crippen molar-refractivity contribution in [1.29, 1.82) is 0 Å². The lowest BCUT2D eigenvalue weighted by Crippen LogP contribution is -2.18.